The Morgan fingerprint density at radius 3 is 1.68 bits per heavy atom. The Labute approximate surface area is 350 Å². The number of nitrogens with zero attached hydrogens (tertiary/aromatic N) is 4. The number of likely N-dealkylation sites (tertiary alicyclic amines) is 2. The van der Waals surface area contributed by atoms with Crippen molar-refractivity contribution in [2.24, 2.45) is 11.8 Å². The zero-order chi connectivity index (χ0) is 42.9. The van der Waals surface area contributed by atoms with Gasteiger partial charge in [0.1, 0.15) is 35.1 Å². The van der Waals surface area contributed by atoms with E-state index < -0.39 is 29.9 Å². The minimum Gasteiger partial charge on any atom is -0.482 e. The van der Waals surface area contributed by atoms with E-state index in [9.17, 15) is 19.2 Å². The van der Waals surface area contributed by atoms with Gasteiger partial charge >= 0.3 is 12.2 Å². The van der Waals surface area contributed by atoms with E-state index in [1.54, 1.807) is 17.3 Å². The molecule has 0 radical (unpaired) electrons. The molecule has 2 aromatic heterocycles. The van der Waals surface area contributed by atoms with Crippen LogP contribution in [0.5, 0.6) is 5.75 Å². The molecule has 3 aliphatic heterocycles. The number of fused-ring (bicyclic) bond motifs is 1. The molecule has 5 heterocycles. The SMILES string of the molecule is COC(=O)N[C@H](C(=O)N1CCC[C@H]1c1ncc(-c2ccc(C3=Cc4ccc(-c5cnc([C@@H]6CCCN6C(=O)[C@@H](NC(=O)OC)C(C)C)[nH]5)cc4OC3(C)C)cc2)[nH]1)C(C)C. The largest absolute Gasteiger partial charge is 0.482 e. The van der Waals surface area contributed by atoms with Gasteiger partial charge in [0.25, 0.3) is 0 Å². The first-order chi connectivity index (χ1) is 28.7. The molecule has 0 unspecified atom stereocenters. The Morgan fingerprint density at radius 1 is 0.733 bits per heavy atom. The summed E-state index contributed by atoms with van der Waals surface area (Å²) in [6.07, 6.45) is 7.72. The Morgan fingerprint density at radius 2 is 1.20 bits per heavy atom. The maximum atomic E-state index is 13.6. The number of carbonyl (C=O) groups is 4. The maximum Gasteiger partial charge on any atom is 0.407 e. The number of imidazole rings is 2. The number of aromatic nitrogens is 4. The number of ether oxygens (including phenoxy) is 3. The standard InChI is InChI=1S/C45H56N8O7/c1-25(2)37(50-43(56)58-7)41(54)52-19-9-11-34(52)39-46-23-32(48-39)28-15-13-27(14-16-28)31-21-30-18-17-29(22-36(30)60-45(31,5)6)33-24-47-40(49-33)35-12-10-20-53(35)42(55)38(26(3)4)51-44(57)59-8/h13-18,21-26,34-35,37-38H,9-12,19-20H2,1-8H3,(H,46,48)(H,47,49)(H,50,56)(H,51,57)/t34-,35-,37-,38-/m0/s1. The van der Waals surface area contributed by atoms with Crippen LogP contribution in [0.1, 0.15) is 102 Å². The normalized spacial score (nSPS) is 19.3. The molecule has 0 spiro atoms. The van der Waals surface area contributed by atoms with E-state index in [2.05, 4.69) is 64.8 Å². The fourth-order valence-electron chi connectivity index (χ4n) is 8.52. The van der Waals surface area contributed by atoms with Crippen LogP contribution < -0.4 is 15.4 Å². The number of nitrogens with one attached hydrogen (secondary N) is 4. The third-order valence-corrected chi connectivity index (χ3v) is 11.8. The van der Waals surface area contributed by atoms with Gasteiger partial charge in [0.05, 0.1) is 50.1 Å². The summed E-state index contributed by atoms with van der Waals surface area (Å²) in [5, 5.41) is 5.40. The van der Waals surface area contributed by atoms with Crippen LogP contribution in [-0.4, -0.2) is 98.7 Å². The van der Waals surface area contributed by atoms with Crippen LogP contribution in [-0.2, 0) is 19.1 Å². The molecular weight excluding hydrogens is 765 g/mol. The van der Waals surface area contributed by atoms with Crippen LogP contribution in [0, 0.1) is 11.8 Å². The minimum absolute atomic E-state index is 0.113. The second-order valence-corrected chi connectivity index (χ2v) is 17.0. The van der Waals surface area contributed by atoms with Gasteiger partial charge < -0.3 is 44.6 Å². The van der Waals surface area contributed by atoms with Gasteiger partial charge in [-0.3, -0.25) is 9.59 Å². The molecule has 4 aromatic rings. The van der Waals surface area contributed by atoms with Gasteiger partial charge in [0.15, 0.2) is 0 Å². The van der Waals surface area contributed by atoms with Crippen molar-refractivity contribution in [3.8, 4) is 28.3 Å². The van der Waals surface area contributed by atoms with Crippen LogP contribution in [0.2, 0.25) is 0 Å². The molecule has 0 aliphatic carbocycles. The number of carbonyl (C=O) groups excluding carboxylic acids is 4. The van der Waals surface area contributed by atoms with E-state index in [0.29, 0.717) is 24.7 Å². The lowest BCUT2D eigenvalue weighted by Crippen LogP contribution is -2.51. The number of hydrogen-bond acceptors (Lipinski definition) is 9. The number of benzene rings is 2. The summed E-state index contributed by atoms with van der Waals surface area (Å²) in [6, 6.07) is 12.5. The molecule has 4 amide bonds. The molecule has 0 bridgehead atoms. The molecule has 0 saturated carbocycles. The summed E-state index contributed by atoms with van der Waals surface area (Å²) < 4.78 is 16.2. The average Bonchev–Trinajstić information content (AvgIpc) is 4.07. The zero-order valence-corrected chi connectivity index (χ0v) is 35.6. The van der Waals surface area contributed by atoms with Crippen molar-refractivity contribution in [2.75, 3.05) is 27.3 Å². The van der Waals surface area contributed by atoms with Gasteiger partial charge in [-0.2, -0.15) is 0 Å². The lowest BCUT2D eigenvalue weighted by molar-refractivity contribution is -0.136. The Kier molecular flexibility index (Phi) is 12.1. The number of H-pyrrole nitrogens is 2. The maximum absolute atomic E-state index is 13.6. The molecule has 2 fully saturated rings. The second-order valence-electron chi connectivity index (χ2n) is 17.0. The van der Waals surface area contributed by atoms with Gasteiger partial charge in [-0.15, -0.1) is 0 Å². The average molecular weight is 821 g/mol. The molecule has 318 valence electrons. The Hall–Kier alpha value is -6.12. The molecule has 2 saturated heterocycles. The van der Waals surface area contributed by atoms with E-state index in [0.717, 1.165) is 70.6 Å². The fraction of sp³-hybridized carbons (Fsp3) is 0.467. The van der Waals surface area contributed by atoms with Crippen LogP contribution in [0.4, 0.5) is 9.59 Å². The molecule has 4 atom stereocenters. The monoisotopic (exact) mass is 820 g/mol. The highest BCUT2D eigenvalue weighted by molar-refractivity contribution is 5.91. The third-order valence-electron chi connectivity index (χ3n) is 11.8. The van der Waals surface area contributed by atoms with Crippen molar-refractivity contribution >= 4 is 35.6 Å². The van der Waals surface area contributed by atoms with Crippen molar-refractivity contribution in [1.29, 1.82) is 0 Å². The van der Waals surface area contributed by atoms with Crippen molar-refractivity contribution in [3.63, 3.8) is 0 Å². The molecule has 2 aromatic carbocycles. The predicted molar refractivity (Wildman–Crippen MR) is 226 cm³/mol. The number of hydrogen-bond donors (Lipinski definition) is 4. The van der Waals surface area contributed by atoms with Gasteiger partial charge in [0, 0.05) is 29.8 Å². The first-order valence-corrected chi connectivity index (χ1v) is 20.7. The molecule has 15 heteroatoms. The quantitative estimate of drug-likeness (QED) is 0.121. The summed E-state index contributed by atoms with van der Waals surface area (Å²) in [7, 11) is 2.58. The highest BCUT2D eigenvalue weighted by atomic mass is 16.5. The molecule has 7 rings (SSSR count). The topological polar surface area (TPSA) is 184 Å². The highest BCUT2D eigenvalue weighted by Gasteiger charge is 2.39. The van der Waals surface area contributed by atoms with Crippen LogP contribution in [0.3, 0.4) is 0 Å². The molecular formula is C45H56N8O7. The summed E-state index contributed by atoms with van der Waals surface area (Å²) in [4.78, 5) is 71.2. The number of amides is 4. The van der Waals surface area contributed by atoms with Gasteiger partial charge in [0.2, 0.25) is 11.8 Å². The van der Waals surface area contributed by atoms with E-state index in [4.69, 9.17) is 24.2 Å². The summed E-state index contributed by atoms with van der Waals surface area (Å²) in [5.41, 5.74) is 5.92. The highest BCUT2D eigenvalue weighted by Crippen LogP contribution is 2.43. The van der Waals surface area contributed by atoms with E-state index in [1.165, 1.54) is 14.2 Å². The predicted octanol–water partition coefficient (Wildman–Crippen LogP) is 7.27. The lowest BCUT2D eigenvalue weighted by Gasteiger charge is -2.34. The second kappa shape index (κ2) is 17.2. The van der Waals surface area contributed by atoms with Crippen LogP contribution in [0.25, 0.3) is 34.2 Å². The smallest absolute Gasteiger partial charge is 0.407 e. The third kappa shape index (κ3) is 8.48. The van der Waals surface area contributed by atoms with Crippen LogP contribution >= 0.6 is 0 Å². The summed E-state index contributed by atoms with van der Waals surface area (Å²) >= 11 is 0. The van der Waals surface area contributed by atoms with Gasteiger partial charge in [-0.1, -0.05) is 64.1 Å². The summed E-state index contributed by atoms with van der Waals surface area (Å²) in [6.45, 7) is 12.9. The number of methoxy groups -OCH3 is 2. The molecule has 15 nitrogen and oxygen atoms in total. The van der Waals surface area contributed by atoms with E-state index in [-0.39, 0.29) is 35.7 Å². The van der Waals surface area contributed by atoms with Crippen molar-refractivity contribution in [1.82, 2.24) is 40.4 Å². The van der Waals surface area contributed by atoms with Crippen LogP contribution in [0.15, 0.2) is 54.9 Å². The van der Waals surface area contributed by atoms with Crippen molar-refractivity contribution in [3.05, 3.63) is 77.6 Å². The Balaban J connectivity index is 1.05. The molecule has 60 heavy (non-hydrogen) atoms. The first-order valence-electron chi connectivity index (χ1n) is 20.7. The summed E-state index contributed by atoms with van der Waals surface area (Å²) in [5.74, 6) is 1.65. The first kappa shape index (κ1) is 42.0. The molecule has 4 N–H and O–H groups in total. The van der Waals surface area contributed by atoms with Gasteiger partial charge in [-0.25, -0.2) is 19.6 Å². The Bertz CT molecular complexity index is 2260. The number of rotatable bonds is 11. The molecule has 3 aliphatic rings. The van der Waals surface area contributed by atoms with Crippen molar-refractivity contribution < 1.29 is 33.4 Å². The van der Waals surface area contributed by atoms with Gasteiger partial charge in [-0.05, 0) is 74.6 Å². The lowest BCUT2D eigenvalue weighted by atomic mass is 9.86. The zero-order valence-electron chi connectivity index (χ0n) is 35.6. The van der Waals surface area contributed by atoms with E-state index in [1.807, 2.05) is 50.8 Å². The number of alkyl carbamates (subject to hydrolysis) is 2. The fourth-order valence-corrected chi connectivity index (χ4v) is 8.52. The van der Waals surface area contributed by atoms with E-state index >= 15 is 0 Å². The number of aromatic amines is 2. The van der Waals surface area contributed by atoms with Crippen molar-refractivity contribution in [2.45, 2.75) is 97.0 Å². The minimum atomic E-state index is -0.703.